The number of ether oxygens (including phenoxy) is 2. The Morgan fingerprint density at radius 1 is 1.17 bits per heavy atom. The maximum Gasteiger partial charge on any atom is 0.264 e. The zero-order valence-electron chi connectivity index (χ0n) is 16.0. The van der Waals surface area contributed by atoms with Crippen molar-refractivity contribution in [3.63, 3.8) is 0 Å². The molecule has 8 nitrogen and oxygen atoms in total. The minimum atomic E-state index is -4.09. The summed E-state index contributed by atoms with van der Waals surface area (Å²) in [6.07, 6.45) is 1.26. The van der Waals surface area contributed by atoms with Gasteiger partial charge in [-0.05, 0) is 36.8 Å². The molecular weight excluding hydrogens is 451 g/mol. The fourth-order valence-electron chi connectivity index (χ4n) is 2.47. The van der Waals surface area contributed by atoms with Crippen LogP contribution in [0.25, 0.3) is 0 Å². The average molecular weight is 469 g/mol. The van der Waals surface area contributed by atoms with Crippen LogP contribution in [-0.2, 0) is 10.0 Å². The van der Waals surface area contributed by atoms with Crippen molar-refractivity contribution in [3.8, 4) is 17.5 Å². The molecule has 0 radical (unpaired) electrons. The molecule has 0 saturated carbocycles. The first-order valence-corrected chi connectivity index (χ1v) is 10.9. The highest BCUT2D eigenvalue weighted by atomic mass is 35.5. The molecular formula is C19H18Cl2N4O4S. The molecule has 158 valence electrons. The van der Waals surface area contributed by atoms with Crippen LogP contribution >= 0.6 is 23.2 Å². The first-order chi connectivity index (χ1) is 14.2. The monoisotopic (exact) mass is 468 g/mol. The number of halogens is 2. The number of anilines is 1. The van der Waals surface area contributed by atoms with Crippen molar-refractivity contribution < 1.29 is 17.9 Å². The second-order valence-electron chi connectivity index (χ2n) is 6.19. The van der Waals surface area contributed by atoms with Crippen molar-refractivity contribution in [2.45, 2.75) is 17.9 Å². The highest BCUT2D eigenvalue weighted by molar-refractivity contribution is 7.92. The first kappa shape index (κ1) is 22.1. The number of nitrogens with one attached hydrogen (secondary N) is 1. The lowest BCUT2D eigenvalue weighted by Crippen LogP contribution is -2.15. The highest BCUT2D eigenvalue weighted by Crippen LogP contribution is 2.32. The van der Waals surface area contributed by atoms with Crippen molar-refractivity contribution in [2.24, 2.45) is 5.73 Å². The smallest absolute Gasteiger partial charge is 0.264 e. The van der Waals surface area contributed by atoms with E-state index < -0.39 is 10.0 Å². The molecule has 3 rings (SSSR count). The van der Waals surface area contributed by atoms with E-state index in [9.17, 15) is 8.42 Å². The normalized spacial score (nSPS) is 12.3. The fourth-order valence-corrected chi connectivity index (χ4v) is 4.24. The number of rotatable bonds is 7. The van der Waals surface area contributed by atoms with E-state index in [2.05, 4.69) is 14.7 Å². The van der Waals surface area contributed by atoms with Gasteiger partial charge in [-0.1, -0.05) is 41.4 Å². The number of benzene rings is 2. The molecule has 0 spiro atoms. The second-order valence-corrected chi connectivity index (χ2v) is 8.62. The highest BCUT2D eigenvalue weighted by Gasteiger charge is 2.23. The topological polar surface area (TPSA) is 116 Å². The van der Waals surface area contributed by atoms with E-state index in [0.29, 0.717) is 5.75 Å². The van der Waals surface area contributed by atoms with Crippen LogP contribution < -0.4 is 19.9 Å². The van der Waals surface area contributed by atoms with Gasteiger partial charge in [-0.25, -0.2) is 13.4 Å². The van der Waals surface area contributed by atoms with Gasteiger partial charge in [0.2, 0.25) is 11.7 Å². The molecule has 1 aromatic heterocycles. The Morgan fingerprint density at radius 3 is 2.60 bits per heavy atom. The Labute approximate surface area is 184 Å². The zero-order chi connectivity index (χ0) is 21.9. The van der Waals surface area contributed by atoms with E-state index in [-0.39, 0.29) is 38.6 Å². The summed E-state index contributed by atoms with van der Waals surface area (Å²) in [5.74, 6) is 0.389. The van der Waals surface area contributed by atoms with Crippen molar-refractivity contribution in [3.05, 3.63) is 64.3 Å². The van der Waals surface area contributed by atoms with Gasteiger partial charge >= 0.3 is 0 Å². The number of aromatic nitrogens is 2. The predicted octanol–water partition coefficient (Wildman–Crippen LogP) is 4.40. The number of nitrogens with two attached hydrogens (primary N) is 1. The van der Waals surface area contributed by atoms with E-state index in [4.69, 9.17) is 38.4 Å². The van der Waals surface area contributed by atoms with E-state index >= 15 is 0 Å². The van der Waals surface area contributed by atoms with Gasteiger partial charge < -0.3 is 15.2 Å². The standard InChI is InChI=1S/C19H18Cl2N4O4S/c1-11(22)12-5-3-6-13(9-12)29-16-10-23-18(19(24-16)28-2)25-30(26,27)15-8-4-7-14(20)17(15)21/h3-11H,22H2,1-2H3,(H,23,25)/t11-/m1/s1. The number of hydrogen-bond acceptors (Lipinski definition) is 7. The van der Waals surface area contributed by atoms with Crippen LogP contribution in [0.3, 0.4) is 0 Å². The quantitative estimate of drug-likeness (QED) is 0.527. The maximum absolute atomic E-state index is 12.7. The number of nitrogens with zero attached hydrogens (tertiary/aromatic N) is 2. The Balaban J connectivity index is 1.87. The van der Waals surface area contributed by atoms with Crippen molar-refractivity contribution in [2.75, 3.05) is 11.8 Å². The van der Waals surface area contributed by atoms with Gasteiger partial charge in [0.25, 0.3) is 15.9 Å². The van der Waals surface area contributed by atoms with E-state index in [1.165, 1.54) is 31.5 Å². The van der Waals surface area contributed by atoms with E-state index in [0.717, 1.165) is 5.56 Å². The van der Waals surface area contributed by atoms with Crippen LogP contribution in [0.4, 0.5) is 5.82 Å². The maximum atomic E-state index is 12.7. The number of hydrogen-bond donors (Lipinski definition) is 2. The predicted molar refractivity (Wildman–Crippen MR) is 115 cm³/mol. The second kappa shape index (κ2) is 9.05. The summed E-state index contributed by atoms with van der Waals surface area (Å²) in [5, 5.41) is 0.00271. The van der Waals surface area contributed by atoms with Crippen LogP contribution in [0, 0.1) is 0 Å². The molecule has 11 heteroatoms. The molecule has 0 bridgehead atoms. The molecule has 1 heterocycles. The van der Waals surface area contributed by atoms with Crippen molar-refractivity contribution in [1.29, 1.82) is 0 Å². The van der Waals surface area contributed by atoms with Gasteiger partial charge in [0.05, 0.1) is 23.4 Å². The van der Waals surface area contributed by atoms with Crippen molar-refractivity contribution >= 4 is 39.0 Å². The minimum Gasteiger partial charge on any atom is -0.478 e. The largest absolute Gasteiger partial charge is 0.478 e. The molecule has 0 aliphatic heterocycles. The lowest BCUT2D eigenvalue weighted by Gasteiger charge is -2.13. The van der Waals surface area contributed by atoms with Gasteiger partial charge in [0.1, 0.15) is 10.6 Å². The molecule has 1 atom stereocenters. The van der Waals surface area contributed by atoms with Gasteiger partial charge in [0.15, 0.2) is 0 Å². The van der Waals surface area contributed by atoms with Crippen LogP contribution in [-0.4, -0.2) is 25.5 Å². The molecule has 0 amide bonds. The average Bonchev–Trinajstić information content (AvgIpc) is 2.71. The van der Waals surface area contributed by atoms with Gasteiger partial charge in [-0.2, -0.15) is 4.98 Å². The van der Waals surface area contributed by atoms with Crippen molar-refractivity contribution in [1.82, 2.24) is 9.97 Å². The SMILES string of the molecule is COc1nc(Oc2cccc([C@@H](C)N)c2)cnc1NS(=O)(=O)c1cccc(Cl)c1Cl. The summed E-state index contributed by atoms with van der Waals surface area (Å²) < 4.78 is 38.5. The van der Waals surface area contributed by atoms with E-state index in [1.807, 2.05) is 13.0 Å². The molecule has 0 aliphatic carbocycles. The Kier molecular flexibility index (Phi) is 6.67. The third kappa shape index (κ3) is 4.93. The van der Waals surface area contributed by atoms with E-state index in [1.54, 1.807) is 18.2 Å². The molecule has 0 unspecified atom stereocenters. The molecule has 0 fully saturated rings. The number of sulfonamides is 1. The summed E-state index contributed by atoms with van der Waals surface area (Å²) in [5.41, 5.74) is 6.77. The van der Waals surface area contributed by atoms with Crippen LogP contribution in [0.1, 0.15) is 18.5 Å². The Bertz CT molecular complexity index is 1170. The Morgan fingerprint density at radius 2 is 1.90 bits per heavy atom. The van der Waals surface area contributed by atoms with Crippen LogP contribution in [0.5, 0.6) is 17.5 Å². The van der Waals surface area contributed by atoms with Crippen LogP contribution in [0.15, 0.2) is 53.6 Å². The lowest BCUT2D eigenvalue weighted by atomic mass is 10.1. The lowest BCUT2D eigenvalue weighted by molar-refractivity contribution is 0.382. The summed E-state index contributed by atoms with van der Waals surface area (Å²) in [4.78, 5) is 8.02. The molecule has 3 aromatic rings. The summed E-state index contributed by atoms with van der Waals surface area (Å²) in [6.45, 7) is 1.86. The summed E-state index contributed by atoms with van der Waals surface area (Å²) >= 11 is 11.9. The summed E-state index contributed by atoms with van der Waals surface area (Å²) in [7, 11) is -2.76. The third-order valence-electron chi connectivity index (χ3n) is 3.95. The number of methoxy groups -OCH3 is 1. The fraction of sp³-hybridized carbons (Fsp3) is 0.158. The van der Waals surface area contributed by atoms with Crippen LogP contribution in [0.2, 0.25) is 10.0 Å². The Hall–Kier alpha value is -2.59. The minimum absolute atomic E-state index is 0.0856. The molecule has 0 saturated heterocycles. The zero-order valence-corrected chi connectivity index (χ0v) is 18.3. The molecule has 0 aliphatic rings. The first-order valence-electron chi connectivity index (χ1n) is 8.62. The van der Waals surface area contributed by atoms with Gasteiger partial charge in [-0.15, -0.1) is 0 Å². The van der Waals surface area contributed by atoms with Gasteiger partial charge in [0, 0.05) is 6.04 Å². The molecule has 3 N–H and O–H groups in total. The summed E-state index contributed by atoms with van der Waals surface area (Å²) in [6, 6.07) is 11.3. The molecule has 30 heavy (non-hydrogen) atoms. The van der Waals surface area contributed by atoms with Gasteiger partial charge in [-0.3, -0.25) is 4.72 Å². The third-order valence-corrected chi connectivity index (χ3v) is 6.27. The molecule has 2 aromatic carbocycles.